The second-order valence-electron chi connectivity index (χ2n) is 13.2. The van der Waals surface area contributed by atoms with Gasteiger partial charge in [0.2, 0.25) is 5.91 Å². The molecule has 0 radical (unpaired) electrons. The molecular weight excluding hydrogens is 500 g/mol. The molecule has 0 spiro atoms. The van der Waals surface area contributed by atoms with Crippen LogP contribution in [0.15, 0.2) is 48.5 Å². The van der Waals surface area contributed by atoms with Gasteiger partial charge in [0, 0.05) is 30.0 Å². The number of aliphatic carboxylic acids is 1. The lowest BCUT2D eigenvalue weighted by Crippen LogP contribution is -2.49. The van der Waals surface area contributed by atoms with Crippen LogP contribution in [0.2, 0.25) is 0 Å². The van der Waals surface area contributed by atoms with Gasteiger partial charge in [-0.3, -0.25) is 4.79 Å². The summed E-state index contributed by atoms with van der Waals surface area (Å²) in [7, 11) is 1.70. The molecular formula is C34H46N2O4. The van der Waals surface area contributed by atoms with Crippen LogP contribution in [0.4, 0.5) is 0 Å². The van der Waals surface area contributed by atoms with Crippen LogP contribution in [-0.2, 0) is 16.1 Å². The second kappa shape index (κ2) is 11.9. The van der Waals surface area contributed by atoms with Crippen LogP contribution in [0, 0.1) is 17.3 Å². The summed E-state index contributed by atoms with van der Waals surface area (Å²) in [5.41, 5.74) is 3.06. The Bertz CT molecular complexity index is 1180. The molecule has 0 aromatic heterocycles. The van der Waals surface area contributed by atoms with Gasteiger partial charge in [-0.15, -0.1) is 0 Å². The maximum Gasteiger partial charge on any atom is 0.326 e. The molecule has 4 atom stereocenters. The SMILES string of the molecule is COc1ccc(C2CCC2)cc1CN[C@H]1[C@H](C(C)(C)C)[C@@H](C(=O)O)N(C(=O)C2CCCCC2)[C@H]1c1ccccc1. The number of carboxylic acids is 1. The first kappa shape index (κ1) is 28.7. The first-order valence-electron chi connectivity index (χ1n) is 15.2. The lowest BCUT2D eigenvalue weighted by Gasteiger charge is -2.36. The van der Waals surface area contributed by atoms with Crippen molar-refractivity contribution in [2.45, 2.75) is 103 Å². The maximum atomic E-state index is 14.3. The molecule has 0 bridgehead atoms. The van der Waals surface area contributed by atoms with Crippen LogP contribution >= 0.6 is 0 Å². The number of carboxylic acid groups (broad SMARTS) is 1. The first-order chi connectivity index (χ1) is 19.2. The first-order valence-corrected chi connectivity index (χ1v) is 15.2. The highest BCUT2D eigenvalue weighted by atomic mass is 16.5. The number of nitrogens with zero attached hydrogens (tertiary/aromatic N) is 1. The zero-order valence-corrected chi connectivity index (χ0v) is 24.6. The monoisotopic (exact) mass is 546 g/mol. The number of amides is 1. The van der Waals surface area contributed by atoms with Crippen molar-refractivity contribution in [2.24, 2.45) is 17.3 Å². The van der Waals surface area contributed by atoms with Crippen LogP contribution in [0.5, 0.6) is 5.75 Å². The predicted octanol–water partition coefficient (Wildman–Crippen LogP) is 6.70. The van der Waals surface area contributed by atoms with Crippen LogP contribution in [-0.4, -0.2) is 41.1 Å². The Morgan fingerprint density at radius 2 is 1.65 bits per heavy atom. The van der Waals surface area contributed by atoms with Crippen LogP contribution in [0.1, 0.15) is 101 Å². The van der Waals surface area contributed by atoms with Gasteiger partial charge in [-0.05, 0) is 54.2 Å². The Morgan fingerprint density at radius 1 is 0.950 bits per heavy atom. The van der Waals surface area contributed by atoms with Crippen molar-refractivity contribution >= 4 is 11.9 Å². The Morgan fingerprint density at radius 3 is 2.23 bits per heavy atom. The molecule has 2 aliphatic carbocycles. The number of hydrogen-bond donors (Lipinski definition) is 2. The van der Waals surface area contributed by atoms with E-state index in [4.69, 9.17) is 4.74 Å². The average Bonchev–Trinajstić information content (AvgIpc) is 3.28. The third kappa shape index (κ3) is 5.65. The van der Waals surface area contributed by atoms with E-state index in [0.29, 0.717) is 12.5 Å². The fourth-order valence-electron chi connectivity index (χ4n) is 7.45. The fourth-order valence-corrected chi connectivity index (χ4v) is 7.45. The van der Waals surface area contributed by atoms with Gasteiger partial charge in [-0.1, -0.05) is 88.9 Å². The number of carbonyl (C=O) groups is 2. The third-order valence-electron chi connectivity index (χ3n) is 9.68. The number of likely N-dealkylation sites (tertiary alicyclic amines) is 1. The van der Waals surface area contributed by atoms with E-state index in [1.165, 1.54) is 24.8 Å². The predicted molar refractivity (Wildman–Crippen MR) is 157 cm³/mol. The summed E-state index contributed by atoms with van der Waals surface area (Å²) in [6.45, 7) is 6.87. The standard InChI is InChI=1S/C34H46N2O4/c1-34(2,3)28-29(35-21-26-20-25(22-16-11-17-22)18-19-27(26)40-4)30(23-12-7-5-8-13-23)36(31(28)33(38)39)32(37)24-14-9-6-10-15-24/h5,7-8,12-13,18-20,22,24,28-31,35H,6,9-11,14-17,21H2,1-4H3,(H,38,39)/t28-,29-,30-,31-/m0/s1. The molecule has 6 nitrogen and oxygen atoms in total. The smallest absolute Gasteiger partial charge is 0.326 e. The zero-order chi connectivity index (χ0) is 28.4. The van der Waals surface area contributed by atoms with Crippen molar-refractivity contribution in [3.05, 3.63) is 65.2 Å². The molecule has 1 heterocycles. The number of methoxy groups -OCH3 is 1. The van der Waals surface area contributed by atoms with E-state index in [9.17, 15) is 14.7 Å². The summed E-state index contributed by atoms with van der Waals surface area (Å²) < 4.78 is 5.75. The van der Waals surface area contributed by atoms with Crippen LogP contribution < -0.4 is 10.1 Å². The zero-order valence-electron chi connectivity index (χ0n) is 24.6. The van der Waals surface area contributed by atoms with Crippen LogP contribution in [0.25, 0.3) is 0 Å². The second-order valence-corrected chi connectivity index (χ2v) is 13.2. The van der Waals surface area contributed by atoms with E-state index in [0.717, 1.165) is 49.0 Å². The quantitative estimate of drug-likeness (QED) is 0.385. The van der Waals surface area contributed by atoms with E-state index in [1.807, 2.05) is 30.3 Å². The minimum absolute atomic E-state index is 0.00376. The number of ether oxygens (including phenoxy) is 1. The Kier molecular flexibility index (Phi) is 8.55. The van der Waals surface area contributed by atoms with Gasteiger partial charge >= 0.3 is 5.97 Å². The van der Waals surface area contributed by atoms with E-state index in [2.05, 4.69) is 44.3 Å². The third-order valence-corrected chi connectivity index (χ3v) is 9.68. The van der Waals surface area contributed by atoms with Gasteiger partial charge in [-0.2, -0.15) is 0 Å². The molecule has 3 aliphatic rings. The summed E-state index contributed by atoms with van der Waals surface area (Å²) in [6.07, 6.45) is 8.61. The molecule has 6 heteroatoms. The summed E-state index contributed by atoms with van der Waals surface area (Å²) in [5, 5.41) is 14.5. The molecule has 2 saturated carbocycles. The molecule has 2 N–H and O–H groups in total. The van der Waals surface area contributed by atoms with Gasteiger partial charge in [0.05, 0.1) is 13.2 Å². The maximum absolute atomic E-state index is 14.3. The molecule has 3 fully saturated rings. The molecule has 40 heavy (non-hydrogen) atoms. The molecule has 2 aromatic rings. The molecule has 1 aliphatic heterocycles. The molecule has 216 valence electrons. The topological polar surface area (TPSA) is 78.9 Å². The van der Waals surface area contributed by atoms with E-state index >= 15 is 0 Å². The van der Waals surface area contributed by atoms with Gasteiger partial charge < -0.3 is 20.1 Å². The minimum Gasteiger partial charge on any atom is -0.496 e. The largest absolute Gasteiger partial charge is 0.496 e. The number of rotatable bonds is 8. The van der Waals surface area contributed by atoms with Crippen molar-refractivity contribution in [3.8, 4) is 5.75 Å². The minimum atomic E-state index is -0.918. The average molecular weight is 547 g/mol. The summed E-state index contributed by atoms with van der Waals surface area (Å²) in [5.74, 6) is 0.129. The Labute approximate surface area is 239 Å². The van der Waals surface area contributed by atoms with Crippen molar-refractivity contribution in [2.75, 3.05) is 7.11 Å². The Hall–Kier alpha value is -2.86. The van der Waals surface area contributed by atoms with Gasteiger partial charge in [0.1, 0.15) is 11.8 Å². The highest BCUT2D eigenvalue weighted by Gasteiger charge is 2.58. The van der Waals surface area contributed by atoms with Crippen molar-refractivity contribution in [1.29, 1.82) is 0 Å². The normalized spacial score (nSPS) is 25.9. The van der Waals surface area contributed by atoms with E-state index in [-0.39, 0.29) is 35.2 Å². The highest BCUT2D eigenvalue weighted by Crippen LogP contribution is 2.49. The highest BCUT2D eigenvalue weighted by molar-refractivity contribution is 5.87. The number of benzene rings is 2. The van der Waals surface area contributed by atoms with Crippen molar-refractivity contribution in [3.63, 3.8) is 0 Å². The lowest BCUT2D eigenvalue weighted by atomic mass is 9.72. The summed E-state index contributed by atoms with van der Waals surface area (Å²) in [6, 6.07) is 15.0. The molecule has 1 saturated heterocycles. The lowest BCUT2D eigenvalue weighted by molar-refractivity contribution is -0.154. The molecule has 0 unspecified atom stereocenters. The van der Waals surface area contributed by atoms with E-state index < -0.39 is 12.0 Å². The molecule has 1 amide bonds. The van der Waals surface area contributed by atoms with Crippen molar-refractivity contribution < 1.29 is 19.4 Å². The number of carbonyl (C=O) groups excluding carboxylic acids is 1. The van der Waals surface area contributed by atoms with E-state index in [1.54, 1.807) is 12.0 Å². The summed E-state index contributed by atoms with van der Waals surface area (Å²) >= 11 is 0. The van der Waals surface area contributed by atoms with Gasteiger partial charge in [-0.25, -0.2) is 4.79 Å². The molecule has 5 rings (SSSR count). The number of hydrogen-bond acceptors (Lipinski definition) is 4. The van der Waals surface area contributed by atoms with Crippen molar-refractivity contribution in [1.82, 2.24) is 10.2 Å². The molecule has 2 aromatic carbocycles. The van der Waals surface area contributed by atoms with Gasteiger partial charge in [0.15, 0.2) is 0 Å². The number of nitrogens with one attached hydrogen (secondary N) is 1. The Balaban J connectivity index is 1.55. The fraction of sp³-hybridized carbons (Fsp3) is 0.588. The van der Waals surface area contributed by atoms with Crippen LogP contribution in [0.3, 0.4) is 0 Å². The van der Waals surface area contributed by atoms with Gasteiger partial charge in [0.25, 0.3) is 0 Å². The summed E-state index contributed by atoms with van der Waals surface area (Å²) in [4.78, 5) is 29.1.